The van der Waals surface area contributed by atoms with Gasteiger partial charge in [-0.05, 0) is 61.1 Å². The zero-order valence-corrected chi connectivity index (χ0v) is 15.2. The number of nitrogens with one attached hydrogen (secondary N) is 1. The summed E-state index contributed by atoms with van der Waals surface area (Å²) in [5.74, 6) is 0.00598. The maximum absolute atomic E-state index is 12.3. The molecule has 0 aromatic heterocycles. The highest BCUT2D eigenvalue weighted by atomic mass is 16.5. The van der Waals surface area contributed by atoms with E-state index in [1.807, 2.05) is 25.1 Å². The molecule has 0 bridgehead atoms. The van der Waals surface area contributed by atoms with E-state index in [0.717, 1.165) is 24.1 Å². The number of carbonyl (C=O) groups is 2. The first-order chi connectivity index (χ1) is 13.1. The third-order valence-electron chi connectivity index (χ3n) is 4.97. The number of aryl methyl sites for hydroxylation is 2. The van der Waals surface area contributed by atoms with Gasteiger partial charge in [-0.2, -0.15) is 5.10 Å². The lowest BCUT2D eigenvalue weighted by atomic mass is 10.0. The van der Waals surface area contributed by atoms with Crippen LogP contribution in [0.2, 0.25) is 0 Å². The Bertz CT molecular complexity index is 936. The van der Waals surface area contributed by atoms with E-state index in [0.29, 0.717) is 11.4 Å². The molecule has 138 valence electrons. The van der Waals surface area contributed by atoms with Crippen LogP contribution < -0.4 is 15.1 Å². The summed E-state index contributed by atoms with van der Waals surface area (Å²) in [7, 11) is 0. The molecule has 0 atom stereocenters. The summed E-state index contributed by atoms with van der Waals surface area (Å²) in [5.41, 5.74) is 7.68. The van der Waals surface area contributed by atoms with Gasteiger partial charge in [0.25, 0.3) is 11.8 Å². The van der Waals surface area contributed by atoms with Crippen LogP contribution in [0.3, 0.4) is 0 Å². The van der Waals surface area contributed by atoms with Crippen LogP contribution in [0, 0.1) is 0 Å². The van der Waals surface area contributed by atoms with Crippen molar-refractivity contribution in [3.05, 3.63) is 59.2 Å². The lowest BCUT2D eigenvalue weighted by Gasteiger charge is -2.28. The predicted octanol–water partition coefficient (Wildman–Crippen LogP) is 2.44. The molecule has 2 aromatic rings. The number of fused-ring (bicyclic) bond motifs is 2. The highest BCUT2D eigenvalue weighted by Crippen LogP contribution is 2.31. The van der Waals surface area contributed by atoms with Gasteiger partial charge in [0.2, 0.25) is 0 Å². The second-order valence-electron chi connectivity index (χ2n) is 6.81. The standard InChI is InChI=1S/C21H21N3O3/c1-14(16-10-9-15-5-4-6-17(15)11-16)22-23-20(25)12-24-18-7-2-3-8-19(18)27-13-21(24)26/h2-3,7-11H,4-6,12-13H2,1H3,(H,23,25)/b22-14-. The number of hydrazone groups is 1. The lowest BCUT2D eigenvalue weighted by Crippen LogP contribution is -2.44. The molecule has 6 heteroatoms. The van der Waals surface area contributed by atoms with E-state index in [1.54, 1.807) is 12.1 Å². The average molecular weight is 363 g/mol. The average Bonchev–Trinajstić information content (AvgIpc) is 3.16. The fourth-order valence-corrected chi connectivity index (χ4v) is 3.51. The summed E-state index contributed by atoms with van der Waals surface area (Å²) < 4.78 is 5.39. The van der Waals surface area contributed by atoms with Crippen LogP contribution in [0.5, 0.6) is 5.75 Å². The van der Waals surface area contributed by atoms with Crippen LogP contribution in [0.25, 0.3) is 0 Å². The molecule has 0 unspecified atom stereocenters. The normalized spacial score (nSPS) is 15.8. The van der Waals surface area contributed by atoms with E-state index in [2.05, 4.69) is 22.7 Å². The zero-order chi connectivity index (χ0) is 18.8. The van der Waals surface area contributed by atoms with Gasteiger partial charge in [-0.3, -0.25) is 14.5 Å². The monoisotopic (exact) mass is 363 g/mol. The number of anilines is 1. The molecule has 0 saturated carbocycles. The molecular weight excluding hydrogens is 342 g/mol. The van der Waals surface area contributed by atoms with Gasteiger partial charge < -0.3 is 4.74 Å². The Morgan fingerprint density at radius 3 is 2.89 bits per heavy atom. The number of para-hydroxylation sites is 2. The molecule has 0 fully saturated rings. The van der Waals surface area contributed by atoms with Crippen molar-refractivity contribution in [1.82, 2.24) is 5.43 Å². The van der Waals surface area contributed by atoms with Gasteiger partial charge in [-0.25, -0.2) is 5.43 Å². The molecule has 2 aromatic carbocycles. The minimum absolute atomic E-state index is 0.0677. The summed E-state index contributed by atoms with van der Waals surface area (Å²) >= 11 is 0. The fourth-order valence-electron chi connectivity index (χ4n) is 3.51. The molecule has 1 N–H and O–H groups in total. The number of amides is 2. The molecule has 6 nitrogen and oxygen atoms in total. The molecule has 4 rings (SSSR count). The molecule has 1 aliphatic carbocycles. The first-order valence-corrected chi connectivity index (χ1v) is 9.09. The van der Waals surface area contributed by atoms with Crippen molar-refractivity contribution >= 4 is 23.2 Å². The van der Waals surface area contributed by atoms with Crippen LogP contribution in [0.1, 0.15) is 30.0 Å². The van der Waals surface area contributed by atoms with Crippen molar-refractivity contribution < 1.29 is 14.3 Å². The van der Waals surface area contributed by atoms with Crippen LogP contribution in [0.4, 0.5) is 5.69 Å². The van der Waals surface area contributed by atoms with Gasteiger partial charge in [0.05, 0.1) is 11.4 Å². The third kappa shape index (κ3) is 3.56. The van der Waals surface area contributed by atoms with Crippen LogP contribution in [-0.4, -0.2) is 30.7 Å². The highest BCUT2D eigenvalue weighted by molar-refractivity contribution is 6.03. The second-order valence-corrected chi connectivity index (χ2v) is 6.81. The third-order valence-corrected chi connectivity index (χ3v) is 4.97. The van der Waals surface area contributed by atoms with Crippen molar-refractivity contribution in [3.8, 4) is 5.75 Å². The molecule has 1 heterocycles. The lowest BCUT2D eigenvalue weighted by molar-refractivity contribution is -0.125. The van der Waals surface area contributed by atoms with Gasteiger partial charge in [0.15, 0.2) is 6.61 Å². The Labute approximate surface area is 157 Å². The van der Waals surface area contributed by atoms with Gasteiger partial charge >= 0.3 is 0 Å². The molecule has 1 aliphatic heterocycles. The molecule has 27 heavy (non-hydrogen) atoms. The van der Waals surface area contributed by atoms with E-state index in [4.69, 9.17) is 4.74 Å². The number of rotatable bonds is 4. The Kier molecular flexibility index (Phi) is 4.62. The summed E-state index contributed by atoms with van der Waals surface area (Å²) in [4.78, 5) is 25.9. The largest absolute Gasteiger partial charge is 0.482 e. The fraction of sp³-hybridized carbons (Fsp3) is 0.286. The predicted molar refractivity (Wildman–Crippen MR) is 103 cm³/mol. The molecule has 2 aliphatic rings. The summed E-state index contributed by atoms with van der Waals surface area (Å²) in [5, 5.41) is 4.21. The van der Waals surface area contributed by atoms with Crippen molar-refractivity contribution in [2.24, 2.45) is 5.10 Å². The van der Waals surface area contributed by atoms with Crippen molar-refractivity contribution in [3.63, 3.8) is 0 Å². The number of carbonyl (C=O) groups excluding carboxylic acids is 2. The van der Waals surface area contributed by atoms with Crippen molar-refractivity contribution in [2.45, 2.75) is 26.2 Å². The minimum Gasteiger partial charge on any atom is -0.482 e. The van der Waals surface area contributed by atoms with Crippen molar-refractivity contribution in [2.75, 3.05) is 18.1 Å². The van der Waals surface area contributed by atoms with Gasteiger partial charge in [0, 0.05) is 0 Å². The molecule has 0 saturated heterocycles. The van der Waals surface area contributed by atoms with E-state index in [-0.39, 0.29) is 25.0 Å². The number of hydrogen-bond donors (Lipinski definition) is 1. The van der Waals surface area contributed by atoms with E-state index in [1.165, 1.54) is 22.4 Å². The van der Waals surface area contributed by atoms with Gasteiger partial charge in [-0.15, -0.1) is 0 Å². The Morgan fingerprint density at radius 1 is 1.19 bits per heavy atom. The molecule has 2 amide bonds. The summed E-state index contributed by atoms with van der Waals surface area (Å²) in [6, 6.07) is 13.5. The van der Waals surface area contributed by atoms with E-state index >= 15 is 0 Å². The maximum atomic E-state index is 12.3. The zero-order valence-electron chi connectivity index (χ0n) is 15.2. The smallest absolute Gasteiger partial charge is 0.265 e. The van der Waals surface area contributed by atoms with E-state index in [9.17, 15) is 9.59 Å². The van der Waals surface area contributed by atoms with Crippen LogP contribution in [0.15, 0.2) is 47.6 Å². The van der Waals surface area contributed by atoms with Crippen LogP contribution in [-0.2, 0) is 22.4 Å². The summed E-state index contributed by atoms with van der Waals surface area (Å²) in [6.07, 6.45) is 3.43. The Morgan fingerprint density at radius 2 is 2.00 bits per heavy atom. The minimum atomic E-state index is -0.347. The number of benzene rings is 2. The van der Waals surface area contributed by atoms with Gasteiger partial charge in [-0.1, -0.05) is 24.3 Å². The summed E-state index contributed by atoms with van der Waals surface area (Å²) in [6.45, 7) is 1.70. The maximum Gasteiger partial charge on any atom is 0.265 e. The molecule has 0 spiro atoms. The first-order valence-electron chi connectivity index (χ1n) is 9.09. The number of hydrogen-bond acceptors (Lipinski definition) is 4. The Hall–Kier alpha value is -3.15. The molecular formula is C21H21N3O3. The van der Waals surface area contributed by atoms with E-state index < -0.39 is 0 Å². The number of nitrogens with zero attached hydrogens (tertiary/aromatic N) is 2. The van der Waals surface area contributed by atoms with Gasteiger partial charge in [0.1, 0.15) is 12.3 Å². The Balaban J connectivity index is 1.44. The number of ether oxygens (including phenoxy) is 1. The quantitative estimate of drug-likeness (QED) is 0.670. The van der Waals surface area contributed by atoms with Crippen molar-refractivity contribution in [1.29, 1.82) is 0 Å². The second kappa shape index (κ2) is 7.23. The van der Waals surface area contributed by atoms with Crippen LogP contribution >= 0.6 is 0 Å². The SMILES string of the molecule is C/C(=N/NC(=O)CN1C(=O)COc2ccccc21)c1ccc2c(c1)CCC2. The topological polar surface area (TPSA) is 71.0 Å². The highest BCUT2D eigenvalue weighted by Gasteiger charge is 2.26. The molecule has 0 radical (unpaired) electrons. The first kappa shape index (κ1) is 17.3.